The van der Waals surface area contributed by atoms with Gasteiger partial charge < -0.3 is 15.1 Å². The molecule has 0 atom stereocenters. The fraction of sp³-hybridized carbons (Fsp3) is 0.833. The van der Waals surface area contributed by atoms with E-state index in [1.165, 1.54) is 0 Å². The molecule has 1 N–H and O–H groups in total. The predicted molar refractivity (Wildman–Crippen MR) is 66.5 cm³/mol. The molecule has 0 aliphatic carbocycles. The Labute approximate surface area is 103 Å². The molecule has 1 rings (SSSR count). The van der Waals surface area contributed by atoms with Crippen LogP contribution in [-0.2, 0) is 9.59 Å². The third kappa shape index (κ3) is 4.00. The van der Waals surface area contributed by atoms with Crippen molar-refractivity contribution in [1.82, 2.24) is 15.1 Å². The zero-order chi connectivity index (χ0) is 12.8. The smallest absolute Gasteiger partial charge is 0.236 e. The van der Waals surface area contributed by atoms with Crippen LogP contribution in [0.25, 0.3) is 0 Å². The molecular weight excluding hydrogens is 218 g/mol. The Hall–Kier alpha value is -1.10. The summed E-state index contributed by atoms with van der Waals surface area (Å²) in [4.78, 5) is 27.2. The second-order valence-corrected chi connectivity index (χ2v) is 4.64. The van der Waals surface area contributed by atoms with Crippen molar-refractivity contribution in [1.29, 1.82) is 0 Å². The van der Waals surface area contributed by atoms with Gasteiger partial charge in [-0.3, -0.25) is 9.59 Å². The van der Waals surface area contributed by atoms with E-state index in [9.17, 15) is 9.59 Å². The van der Waals surface area contributed by atoms with E-state index in [0.29, 0.717) is 32.7 Å². The molecule has 0 unspecified atom stereocenters. The van der Waals surface area contributed by atoms with Gasteiger partial charge in [0.15, 0.2) is 0 Å². The van der Waals surface area contributed by atoms with Crippen LogP contribution in [0.5, 0.6) is 0 Å². The van der Waals surface area contributed by atoms with E-state index in [4.69, 9.17) is 0 Å². The van der Waals surface area contributed by atoms with Crippen molar-refractivity contribution >= 4 is 11.8 Å². The third-order valence-corrected chi connectivity index (χ3v) is 2.96. The van der Waals surface area contributed by atoms with Crippen LogP contribution in [0.3, 0.4) is 0 Å². The second-order valence-electron chi connectivity index (χ2n) is 4.64. The first-order valence-corrected chi connectivity index (χ1v) is 6.33. The van der Waals surface area contributed by atoms with Crippen LogP contribution in [-0.4, -0.2) is 60.9 Å². The average Bonchev–Trinajstić information content (AvgIpc) is 2.35. The lowest BCUT2D eigenvalue weighted by atomic mass is 10.1. The number of carbonyl (C=O) groups is 2. The lowest BCUT2D eigenvalue weighted by molar-refractivity contribution is -0.141. The number of carbonyl (C=O) groups excluding carboxylic acids is 2. The van der Waals surface area contributed by atoms with Gasteiger partial charge in [-0.15, -0.1) is 0 Å². The minimum atomic E-state index is 0.0407. The maximum absolute atomic E-state index is 11.8. The molecule has 0 aromatic carbocycles. The molecule has 0 spiro atoms. The Morgan fingerprint density at radius 1 is 1.12 bits per heavy atom. The summed E-state index contributed by atoms with van der Waals surface area (Å²) in [5.41, 5.74) is 0. The summed E-state index contributed by atoms with van der Waals surface area (Å²) in [6.07, 6.45) is 0. The van der Waals surface area contributed by atoms with Gasteiger partial charge in [-0.1, -0.05) is 20.8 Å². The molecule has 1 aliphatic heterocycles. The van der Waals surface area contributed by atoms with E-state index in [1.54, 1.807) is 0 Å². The Bertz CT molecular complexity index is 271. The lowest BCUT2D eigenvalue weighted by Crippen LogP contribution is -2.53. The molecule has 0 aromatic rings. The topological polar surface area (TPSA) is 52.7 Å². The number of rotatable bonds is 4. The van der Waals surface area contributed by atoms with Crippen LogP contribution in [0.2, 0.25) is 0 Å². The zero-order valence-electron chi connectivity index (χ0n) is 11.0. The first-order chi connectivity index (χ1) is 8.06. The summed E-state index contributed by atoms with van der Waals surface area (Å²) >= 11 is 0. The Morgan fingerprint density at radius 2 is 1.65 bits per heavy atom. The van der Waals surface area contributed by atoms with Gasteiger partial charge in [0.1, 0.15) is 0 Å². The van der Waals surface area contributed by atoms with Gasteiger partial charge in [0.2, 0.25) is 11.8 Å². The van der Waals surface area contributed by atoms with Gasteiger partial charge >= 0.3 is 0 Å². The highest BCUT2D eigenvalue weighted by Crippen LogP contribution is 2.07. The third-order valence-electron chi connectivity index (χ3n) is 2.96. The minimum Gasteiger partial charge on any atom is -0.339 e. The van der Waals surface area contributed by atoms with Gasteiger partial charge in [0.25, 0.3) is 0 Å². The number of hydrogen-bond acceptors (Lipinski definition) is 3. The Balaban J connectivity index is 2.35. The fourth-order valence-corrected chi connectivity index (χ4v) is 1.89. The maximum Gasteiger partial charge on any atom is 0.236 e. The molecule has 5 heteroatoms. The van der Waals surface area contributed by atoms with Crippen molar-refractivity contribution in [3.05, 3.63) is 0 Å². The van der Waals surface area contributed by atoms with Gasteiger partial charge in [0.05, 0.1) is 6.54 Å². The highest BCUT2D eigenvalue weighted by Gasteiger charge is 2.24. The average molecular weight is 241 g/mol. The molecule has 5 nitrogen and oxygen atoms in total. The summed E-state index contributed by atoms with van der Waals surface area (Å²) in [6.45, 7) is 9.63. The van der Waals surface area contributed by atoms with Crippen LogP contribution < -0.4 is 5.32 Å². The Morgan fingerprint density at radius 3 is 2.12 bits per heavy atom. The van der Waals surface area contributed by atoms with E-state index < -0.39 is 0 Å². The second kappa shape index (κ2) is 6.59. The molecule has 17 heavy (non-hydrogen) atoms. The van der Waals surface area contributed by atoms with E-state index in [-0.39, 0.29) is 17.7 Å². The SMILES string of the molecule is CCNCC(=O)N1CCN(C(=O)C(C)C)CC1. The lowest BCUT2D eigenvalue weighted by Gasteiger charge is -2.35. The molecule has 0 radical (unpaired) electrons. The number of amides is 2. The number of piperazine rings is 1. The van der Waals surface area contributed by atoms with Crippen molar-refractivity contribution in [3.8, 4) is 0 Å². The standard InChI is InChI=1S/C12H23N3O2/c1-4-13-9-11(16)14-5-7-15(8-6-14)12(17)10(2)3/h10,13H,4-9H2,1-3H3. The van der Waals surface area contributed by atoms with Gasteiger partial charge in [0, 0.05) is 32.1 Å². The van der Waals surface area contributed by atoms with E-state index in [2.05, 4.69) is 5.32 Å². The zero-order valence-corrected chi connectivity index (χ0v) is 11.0. The fourth-order valence-electron chi connectivity index (χ4n) is 1.89. The summed E-state index contributed by atoms with van der Waals surface area (Å²) in [6, 6.07) is 0. The summed E-state index contributed by atoms with van der Waals surface area (Å²) in [5.74, 6) is 0.353. The molecule has 1 heterocycles. The van der Waals surface area contributed by atoms with Crippen LogP contribution in [0.15, 0.2) is 0 Å². The number of hydrogen-bond donors (Lipinski definition) is 1. The highest BCUT2D eigenvalue weighted by atomic mass is 16.2. The van der Waals surface area contributed by atoms with E-state index >= 15 is 0 Å². The molecule has 0 saturated carbocycles. The molecule has 1 aliphatic rings. The van der Waals surface area contributed by atoms with Gasteiger partial charge in [-0.05, 0) is 6.54 Å². The molecule has 2 amide bonds. The Kier molecular flexibility index (Phi) is 5.41. The summed E-state index contributed by atoms with van der Waals surface area (Å²) in [7, 11) is 0. The first kappa shape index (κ1) is 14.0. The van der Waals surface area contributed by atoms with Crippen LogP contribution >= 0.6 is 0 Å². The molecular formula is C12H23N3O2. The quantitative estimate of drug-likeness (QED) is 0.749. The summed E-state index contributed by atoms with van der Waals surface area (Å²) < 4.78 is 0. The normalized spacial score (nSPS) is 16.5. The van der Waals surface area contributed by atoms with E-state index in [0.717, 1.165) is 6.54 Å². The molecule has 0 bridgehead atoms. The predicted octanol–water partition coefficient (Wildman–Crippen LogP) is -0.0773. The summed E-state index contributed by atoms with van der Waals surface area (Å²) in [5, 5.41) is 3.03. The molecule has 0 aromatic heterocycles. The van der Waals surface area contributed by atoms with Gasteiger partial charge in [-0.2, -0.15) is 0 Å². The largest absolute Gasteiger partial charge is 0.339 e. The highest BCUT2D eigenvalue weighted by molar-refractivity contribution is 5.80. The van der Waals surface area contributed by atoms with Crippen molar-refractivity contribution in [2.45, 2.75) is 20.8 Å². The monoisotopic (exact) mass is 241 g/mol. The van der Waals surface area contributed by atoms with Crippen LogP contribution in [0.4, 0.5) is 0 Å². The van der Waals surface area contributed by atoms with Crippen molar-refractivity contribution in [2.24, 2.45) is 5.92 Å². The maximum atomic E-state index is 11.8. The van der Waals surface area contributed by atoms with Crippen molar-refractivity contribution in [3.63, 3.8) is 0 Å². The number of nitrogens with one attached hydrogen (secondary N) is 1. The molecule has 98 valence electrons. The number of likely N-dealkylation sites (N-methyl/N-ethyl adjacent to an activating group) is 1. The van der Waals surface area contributed by atoms with Gasteiger partial charge in [-0.25, -0.2) is 0 Å². The minimum absolute atomic E-state index is 0.0407. The van der Waals surface area contributed by atoms with Crippen LogP contribution in [0.1, 0.15) is 20.8 Å². The first-order valence-electron chi connectivity index (χ1n) is 6.33. The molecule has 1 fully saturated rings. The van der Waals surface area contributed by atoms with E-state index in [1.807, 2.05) is 30.6 Å². The van der Waals surface area contributed by atoms with Crippen molar-refractivity contribution < 1.29 is 9.59 Å². The van der Waals surface area contributed by atoms with Crippen molar-refractivity contribution in [2.75, 3.05) is 39.3 Å². The number of nitrogens with zero attached hydrogens (tertiary/aromatic N) is 2. The van der Waals surface area contributed by atoms with Crippen LogP contribution in [0, 0.1) is 5.92 Å². The molecule has 1 saturated heterocycles.